The van der Waals surface area contributed by atoms with Gasteiger partial charge in [0.1, 0.15) is 6.04 Å². The first kappa shape index (κ1) is 35.0. The Labute approximate surface area is 245 Å². The fraction of sp³-hybridized carbons (Fsp3) is 0.412. The topological polar surface area (TPSA) is 108 Å². The number of carbonyl (C=O) groups excluding carboxylic acids is 2. The molecule has 0 saturated carbocycles. The first-order valence-electron chi connectivity index (χ1n) is 14.6. The molecule has 0 aliphatic rings. The van der Waals surface area contributed by atoms with E-state index in [1.807, 2.05) is 6.08 Å². The number of nitrogens with one attached hydrogen (secondary N) is 2. The summed E-state index contributed by atoms with van der Waals surface area (Å²) in [7, 11) is 0. The molecular formula is C34H47N3O4. The molecule has 0 aliphatic heterocycles. The number of amides is 2. The van der Waals surface area contributed by atoms with E-state index in [0.717, 1.165) is 38.5 Å². The van der Waals surface area contributed by atoms with Gasteiger partial charge in [0.05, 0.1) is 5.56 Å². The second-order valence-electron chi connectivity index (χ2n) is 9.41. The fourth-order valence-electron chi connectivity index (χ4n) is 3.64. The summed E-state index contributed by atoms with van der Waals surface area (Å²) in [6.45, 7) is 2.62. The number of nitrogens with zero attached hydrogens (tertiary/aromatic N) is 1. The highest BCUT2D eigenvalue weighted by molar-refractivity contribution is 5.96. The predicted molar refractivity (Wildman–Crippen MR) is 167 cm³/mol. The van der Waals surface area contributed by atoms with E-state index in [4.69, 9.17) is 0 Å². The van der Waals surface area contributed by atoms with Crippen LogP contribution < -0.4 is 10.6 Å². The normalized spacial score (nSPS) is 12.9. The number of rotatable bonds is 22. The highest BCUT2D eigenvalue weighted by Crippen LogP contribution is 2.04. The Balaban J connectivity index is 2.04. The van der Waals surface area contributed by atoms with E-state index in [-0.39, 0.29) is 12.3 Å². The number of aromatic nitrogens is 1. The lowest BCUT2D eigenvalue weighted by Gasteiger charge is -2.14. The summed E-state index contributed by atoms with van der Waals surface area (Å²) in [5.74, 6) is -1.57. The molecule has 0 saturated heterocycles. The van der Waals surface area contributed by atoms with Crippen molar-refractivity contribution in [2.75, 3.05) is 6.54 Å². The molecule has 1 rings (SSSR count). The number of hydrogen-bond acceptors (Lipinski definition) is 4. The molecular weight excluding hydrogens is 514 g/mol. The monoisotopic (exact) mass is 561 g/mol. The van der Waals surface area contributed by atoms with Gasteiger partial charge in [-0.15, -0.1) is 0 Å². The summed E-state index contributed by atoms with van der Waals surface area (Å²) >= 11 is 0. The first-order chi connectivity index (χ1) is 20.0. The summed E-state index contributed by atoms with van der Waals surface area (Å²) in [6, 6.07) is 2.22. The highest BCUT2D eigenvalue weighted by Gasteiger charge is 2.20. The lowest BCUT2D eigenvalue weighted by atomic mass is 10.1. The third-order valence-corrected chi connectivity index (χ3v) is 5.90. The minimum atomic E-state index is -1.08. The van der Waals surface area contributed by atoms with Crippen molar-refractivity contribution in [3.8, 4) is 0 Å². The van der Waals surface area contributed by atoms with E-state index < -0.39 is 17.9 Å². The Bertz CT molecular complexity index is 1040. The molecule has 7 heteroatoms. The second kappa shape index (κ2) is 25.0. The molecule has 1 atom stereocenters. The van der Waals surface area contributed by atoms with Crippen LogP contribution in [0.1, 0.15) is 87.9 Å². The number of allylic oxidation sites excluding steroid dienone is 12. The Morgan fingerprint density at radius 3 is 1.90 bits per heavy atom. The van der Waals surface area contributed by atoms with Gasteiger partial charge in [-0.3, -0.25) is 14.6 Å². The smallest absolute Gasteiger partial charge is 0.326 e. The maximum Gasteiger partial charge on any atom is 0.326 e. The van der Waals surface area contributed by atoms with Gasteiger partial charge in [-0.1, -0.05) is 79.8 Å². The average molecular weight is 562 g/mol. The zero-order chi connectivity index (χ0) is 29.8. The lowest BCUT2D eigenvalue weighted by Crippen LogP contribution is -2.40. The number of unbranched alkanes of at least 4 members (excludes halogenated alkanes) is 1. The van der Waals surface area contributed by atoms with E-state index in [9.17, 15) is 19.5 Å². The van der Waals surface area contributed by atoms with Crippen molar-refractivity contribution in [2.45, 2.75) is 83.6 Å². The van der Waals surface area contributed by atoms with Crippen LogP contribution in [0.5, 0.6) is 0 Å². The van der Waals surface area contributed by atoms with Crippen LogP contribution in [-0.4, -0.2) is 40.5 Å². The molecule has 2 amide bonds. The molecule has 1 aromatic rings. The Kier molecular flexibility index (Phi) is 21.4. The summed E-state index contributed by atoms with van der Waals surface area (Å²) in [6.07, 6.45) is 37.2. The summed E-state index contributed by atoms with van der Waals surface area (Å²) in [5.41, 5.74) is 0.318. The van der Waals surface area contributed by atoms with Crippen LogP contribution in [0, 0.1) is 0 Å². The Morgan fingerprint density at radius 2 is 1.39 bits per heavy atom. The van der Waals surface area contributed by atoms with Gasteiger partial charge < -0.3 is 15.7 Å². The van der Waals surface area contributed by atoms with E-state index in [0.29, 0.717) is 37.8 Å². The van der Waals surface area contributed by atoms with Crippen molar-refractivity contribution >= 4 is 17.8 Å². The molecule has 41 heavy (non-hydrogen) atoms. The van der Waals surface area contributed by atoms with Crippen molar-refractivity contribution in [1.29, 1.82) is 0 Å². The molecule has 1 unspecified atom stereocenters. The van der Waals surface area contributed by atoms with Crippen molar-refractivity contribution < 1.29 is 19.5 Å². The summed E-state index contributed by atoms with van der Waals surface area (Å²) in [5, 5.41) is 14.8. The number of aliphatic carboxylic acids is 1. The Hall–Kier alpha value is -4.00. The largest absolute Gasteiger partial charge is 0.480 e. The fourth-order valence-corrected chi connectivity index (χ4v) is 3.64. The molecule has 3 N–H and O–H groups in total. The van der Waals surface area contributed by atoms with Gasteiger partial charge in [0, 0.05) is 25.4 Å². The lowest BCUT2D eigenvalue weighted by molar-refractivity contribution is -0.139. The standard InChI is InChI=1S/C34H47N3O4/c1-2-3-4-5-6-7-8-9-10-11-12-13-14-15-16-17-18-19-20-26-32(38)36-28-22-21-25-31(34(40)41)37-33(39)30-24-23-27-35-29-30/h3-4,6-7,9-10,12-13,15-16,18-19,23-24,27,29,31H,2,5,8,11,14,17,20-22,25-26,28H2,1H3,(H,36,38)(H,37,39)(H,40,41). The average Bonchev–Trinajstić information content (AvgIpc) is 2.97. The minimum Gasteiger partial charge on any atom is -0.480 e. The van der Waals surface area contributed by atoms with Crippen LogP contribution >= 0.6 is 0 Å². The highest BCUT2D eigenvalue weighted by atomic mass is 16.4. The maximum atomic E-state index is 12.2. The minimum absolute atomic E-state index is 0.0239. The van der Waals surface area contributed by atoms with Crippen LogP contribution in [0.25, 0.3) is 0 Å². The molecule has 0 bridgehead atoms. The third-order valence-electron chi connectivity index (χ3n) is 5.90. The van der Waals surface area contributed by atoms with Crippen molar-refractivity contribution in [1.82, 2.24) is 15.6 Å². The summed E-state index contributed by atoms with van der Waals surface area (Å²) in [4.78, 5) is 39.5. The predicted octanol–water partition coefficient (Wildman–Crippen LogP) is 7.03. The van der Waals surface area contributed by atoms with Crippen molar-refractivity contribution in [2.24, 2.45) is 0 Å². The number of pyridine rings is 1. The third kappa shape index (κ3) is 20.6. The number of carboxylic acids is 1. The van der Waals surface area contributed by atoms with Crippen molar-refractivity contribution in [3.05, 3.63) is 103 Å². The SMILES string of the molecule is CCC=CCC=CCC=CCC=CCC=CCC=CCCC(=O)NCCCCC(NC(=O)c1cccnc1)C(=O)O. The van der Waals surface area contributed by atoms with Gasteiger partial charge in [-0.2, -0.15) is 0 Å². The Morgan fingerprint density at radius 1 is 0.829 bits per heavy atom. The molecule has 0 aliphatic carbocycles. The second-order valence-corrected chi connectivity index (χ2v) is 9.41. The number of carbonyl (C=O) groups is 3. The van der Waals surface area contributed by atoms with Crippen LogP contribution in [0.3, 0.4) is 0 Å². The zero-order valence-corrected chi connectivity index (χ0v) is 24.4. The molecule has 0 fully saturated rings. The van der Waals surface area contributed by atoms with Crippen LogP contribution in [0.15, 0.2) is 97.4 Å². The van der Waals surface area contributed by atoms with Gasteiger partial charge in [-0.25, -0.2) is 4.79 Å². The van der Waals surface area contributed by atoms with Crippen molar-refractivity contribution in [3.63, 3.8) is 0 Å². The van der Waals surface area contributed by atoms with Crippen LogP contribution in [0.2, 0.25) is 0 Å². The van der Waals surface area contributed by atoms with E-state index in [2.05, 4.69) is 89.4 Å². The first-order valence-corrected chi connectivity index (χ1v) is 14.6. The molecule has 1 heterocycles. The molecule has 222 valence electrons. The maximum absolute atomic E-state index is 12.2. The van der Waals surface area contributed by atoms with Gasteiger partial charge in [0.25, 0.3) is 5.91 Å². The summed E-state index contributed by atoms with van der Waals surface area (Å²) < 4.78 is 0. The molecule has 7 nitrogen and oxygen atoms in total. The van der Waals surface area contributed by atoms with Gasteiger partial charge >= 0.3 is 5.97 Å². The van der Waals surface area contributed by atoms with Crippen LogP contribution in [-0.2, 0) is 9.59 Å². The quantitative estimate of drug-likeness (QED) is 0.104. The van der Waals surface area contributed by atoms with Gasteiger partial charge in [-0.05, 0) is 76.3 Å². The number of hydrogen-bond donors (Lipinski definition) is 3. The van der Waals surface area contributed by atoms with Gasteiger partial charge in [0.15, 0.2) is 0 Å². The zero-order valence-electron chi connectivity index (χ0n) is 24.4. The molecule has 0 radical (unpaired) electrons. The van der Waals surface area contributed by atoms with E-state index >= 15 is 0 Å². The number of carboxylic acid groups (broad SMARTS) is 1. The van der Waals surface area contributed by atoms with Gasteiger partial charge in [0.2, 0.25) is 5.91 Å². The van der Waals surface area contributed by atoms with E-state index in [1.54, 1.807) is 18.3 Å². The molecule has 0 spiro atoms. The van der Waals surface area contributed by atoms with Crippen LogP contribution in [0.4, 0.5) is 0 Å². The molecule has 0 aromatic carbocycles. The van der Waals surface area contributed by atoms with E-state index in [1.165, 1.54) is 6.20 Å². The molecule has 1 aromatic heterocycles.